The Hall–Kier alpha value is -2.69. The first-order valence-electron chi connectivity index (χ1n) is 7.84. The van der Waals surface area contributed by atoms with E-state index in [4.69, 9.17) is 0 Å². The third-order valence-electron chi connectivity index (χ3n) is 4.59. The van der Waals surface area contributed by atoms with Gasteiger partial charge in [-0.1, -0.05) is 18.2 Å². The fourth-order valence-corrected chi connectivity index (χ4v) is 3.42. The quantitative estimate of drug-likeness (QED) is 0.853. The summed E-state index contributed by atoms with van der Waals surface area (Å²) in [6, 6.07) is 11.6. The zero-order valence-corrected chi connectivity index (χ0v) is 12.7. The molecule has 1 saturated heterocycles. The molecule has 1 atom stereocenters. The molecule has 1 aromatic carbocycles. The van der Waals surface area contributed by atoms with Crippen LogP contribution < -0.4 is 9.80 Å². The van der Waals surface area contributed by atoms with Crippen molar-refractivity contribution in [2.75, 3.05) is 22.9 Å². The second-order valence-electron chi connectivity index (χ2n) is 5.99. The molecule has 2 aliphatic heterocycles. The minimum Gasteiger partial charge on any atom is -0.312 e. The number of aromatic nitrogens is 1. The lowest BCUT2D eigenvalue weighted by molar-refractivity contribution is -0.124. The molecule has 5 heteroatoms. The summed E-state index contributed by atoms with van der Waals surface area (Å²) in [6.07, 6.45) is 4.49. The molecule has 0 radical (unpaired) electrons. The molecular formula is C18H17N3O2. The molecule has 3 heterocycles. The zero-order chi connectivity index (χ0) is 15.8. The van der Waals surface area contributed by atoms with Crippen LogP contribution in [-0.4, -0.2) is 29.9 Å². The van der Waals surface area contributed by atoms with E-state index in [1.807, 2.05) is 29.2 Å². The van der Waals surface area contributed by atoms with E-state index in [9.17, 15) is 9.59 Å². The molecule has 5 nitrogen and oxygen atoms in total. The van der Waals surface area contributed by atoms with Crippen molar-refractivity contribution in [1.29, 1.82) is 0 Å². The Labute approximate surface area is 134 Å². The monoisotopic (exact) mass is 307 g/mol. The number of benzene rings is 1. The summed E-state index contributed by atoms with van der Waals surface area (Å²) >= 11 is 0. The van der Waals surface area contributed by atoms with Gasteiger partial charge in [0.05, 0.1) is 17.8 Å². The molecule has 2 aliphatic rings. The number of para-hydroxylation sites is 1. The van der Waals surface area contributed by atoms with Gasteiger partial charge in [-0.3, -0.25) is 14.6 Å². The Morgan fingerprint density at radius 2 is 2.04 bits per heavy atom. The minimum atomic E-state index is -0.283. The van der Waals surface area contributed by atoms with Crippen molar-refractivity contribution in [3.63, 3.8) is 0 Å². The first-order chi connectivity index (χ1) is 11.2. The van der Waals surface area contributed by atoms with Crippen LogP contribution in [0.5, 0.6) is 0 Å². The van der Waals surface area contributed by atoms with Gasteiger partial charge in [-0.05, 0) is 30.2 Å². The molecule has 1 fully saturated rings. The minimum absolute atomic E-state index is 0.0103. The Balaban J connectivity index is 1.54. The molecule has 0 bridgehead atoms. The largest absolute Gasteiger partial charge is 0.312 e. The summed E-state index contributed by atoms with van der Waals surface area (Å²) in [7, 11) is 0. The number of anilines is 2. The number of carbonyl (C=O) groups excluding carboxylic acids is 2. The first-order valence-corrected chi connectivity index (χ1v) is 7.84. The van der Waals surface area contributed by atoms with Crippen molar-refractivity contribution in [3.8, 4) is 0 Å². The Morgan fingerprint density at radius 1 is 1.17 bits per heavy atom. The van der Waals surface area contributed by atoms with Crippen molar-refractivity contribution < 1.29 is 9.59 Å². The maximum atomic E-state index is 12.9. The zero-order valence-electron chi connectivity index (χ0n) is 12.7. The summed E-state index contributed by atoms with van der Waals surface area (Å²) in [5.74, 6) is -0.243. The summed E-state index contributed by atoms with van der Waals surface area (Å²) < 4.78 is 0. The maximum absolute atomic E-state index is 12.9. The molecule has 0 saturated carbocycles. The Morgan fingerprint density at radius 3 is 2.87 bits per heavy atom. The Bertz CT molecular complexity index is 760. The van der Waals surface area contributed by atoms with Crippen LogP contribution in [0, 0.1) is 5.92 Å². The highest BCUT2D eigenvalue weighted by Gasteiger charge is 2.39. The van der Waals surface area contributed by atoms with Gasteiger partial charge < -0.3 is 9.80 Å². The van der Waals surface area contributed by atoms with Gasteiger partial charge in [0.2, 0.25) is 11.8 Å². The predicted molar refractivity (Wildman–Crippen MR) is 87.2 cm³/mol. The van der Waals surface area contributed by atoms with Crippen molar-refractivity contribution in [2.24, 2.45) is 5.92 Å². The number of carbonyl (C=O) groups is 2. The van der Waals surface area contributed by atoms with Crippen LogP contribution in [-0.2, 0) is 16.0 Å². The maximum Gasteiger partial charge on any atom is 0.232 e. The molecule has 116 valence electrons. The fraction of sp³-hybridized carbons (Fsp3) is 0.278. The SMILES string of the molecule is O=C1CC(C(=O)N2CCc3ccccc32)CN1c1cccnc1. The van der Waals surface area contributed by atoms with Gasteiger partial charge in [0, 0.05) is 31.4 Å². The van der Waals surface area contributed by atoms with Crippen LogP contribution in [0.15, 0.2) is 48.8 Å². The van der Waals surface area contributed by atoms with Crippen molar-refractivity contribution in [2.45, 2.75) is 12.8 Å². The number of hydrogen-bond acceptors (Lipinski definition) is 3. The summed E-state index contributed by atoms with van der Waals surface area (Å²) in [5.41, 5.74) is 2.95. The van der Waals surface area contributed by atoms with Gasteiger partial charge in [-0.2, -0.15) is 0 Å². The number of pyridine rings is 1. The first kappa shape index (κ1) is 13.9. The summed E-state index contributed by atoms with van der Waals surface area (Å²) in [5, 5.41) is 0. The van der Waals surface area contributed by atoms with E-state index < -0.39 is 0 Å². The molecule has 1 unspecified atom stereocenters. The highest BCUT2D eigenvalue weighted by molar-refractivity contribution is 6.05. The van der Waals surface area contributed by atoms with Crippen LogP contribution in [0.2, 0.25) is 0 Å². The molecule has 1 aromatic heterocycles. The van der Waals surface area contributed by atoms with E-state index in [0.717, 1.165) is 17.8 Å². The molecule has 2 aromatic rings. The van der Waals surface area contributed by atoms with E-state index in [2.05, 4.69) is 11.1 Å². The predicted octanol–water partition coefficient (Wildman–Crippen LogP) is 2.02. The lowest BCUT2D eigenvalue weighted by Crippen LogP contribution is -2.36. The van der Waals surface area contributed by atoms with Crippen molar-refractivity contribution in [3.05, 3.63) is 54.4 Å². The topological polar surface area (TPSA) is 53.5 Å². The van der Waals surface area contributed by atoms with Gasteiger partial charge in [0.25, 0.3) is 0 Å². The van der Waals surface area contributed by atoms with E-state index in [0.29, 0.717) is 13.1 Å². The Kier molecular flexibility index (Phi) is 3.33. The number of amides is 2. The van der Waals surface area contributed by atoms with E-state index in [1.165, 1.54) is 5.56 Å². The summed E-state index contributed by atoms with van der Waals surface area (Å²) in [6.45, 7) is 1.14. The molecule has 23 heavy (non-hydrogen) atoms. The lowest BCUT2D eigenvalue weighted by atomic mass is 10.1. The van der Waals surface area contributed by atoms with Crippen molar-refractivity contribution >= 4 is 23.2 Å². The number of hydrogen-bond donors (Lipinski definition) is 0. The molecule has 2 amide bonds. The standard InChI is InChI=1S/C18H17N3O2/c22-17-10-14(12-21(17)15-5-3-8-19-11-15)18(23)20-9-7-13-4-1-2-6-16(13)20/h1-6,8,11,14H,7,9-10,12H2. The molecular weight excluding hydrogens is 290 g/mol. The molecule has 0 aliphatic carbocycles. The number of rotatable bonds is 2. The van der Waals surface area contributed by atoms with Crippen LogP contribution in [0.4, 0.5) is 11.4 Å². The van der Waals surface area contributed by atoms with E-state index in [-0.39, 0.29) is 24.2 Å². The number of nitrogens with zero attached hydrogens (tertiary/aromatic N) is 3. The molecule has 0 N–H and O–H groups in total. The van der Waals surface area contributed by atoms with Crippen LogP contribution in [0.25, 0.3) is 0 Å². The average molecular weight is 307 g/mol. The highest BCUT2D eigenvalue weighted by Crippen LogP contribution is 2.32. The van der Waals surface area contributed by atoms with Crippen molar-refractivity contribution in [1.82, 2.24) is 4.98 Å². The van der Waals surface area contributed by atoms with Gasteiger partial charge in [0.1, 0.15) is 0 Å². The van der Waals surface area contributed by atoms with Crippen LogP contribution in [0.3, 0.4) is 0 Å². The second kappa shape index (κ2) is 5.50. The molecule has 0 spiro atoms. The smallest absolute Gasteiger partial charge is 0.232 e. The van der Waals surface area contributed by atoms with Gasteiger partial charge in [0.15, 0.2) is 0 Å². The van der Waals surface area contributed by atoms with Gasteiger partial charge >= 0.3 is 0 Å². The number of fused-ring (bicyclic) bond motifs is 1. The fourth-order valence-electron chi connectivity index (χ4n) is 3.42. The summed E-state index contributed by atoms with van der Waals surface area (Å²) in [4.78, 5) is 32.7. The van der Waals surface area contributed by atoms with Crippen LogP contribution in [0.1, 0.15) is 12.0 Å². The van der Waals surface area contributed by atoms with Gasteiger partial charge in [-0.25, -0.2) is 0 Å². The lowest BCUT2D eigenvalue weighted by Gasteiger charge is -2.21. The molecule has 4 rings (SSSR count). The average Bonchev–Trinajstić information content (AvgIpc) is 3.19. The van der Waals surface area contributed by atoms with E-state index >= 15 is 0 Å². The second-order valence-corrected chi connectivity index (χ2v) is 5.99. The third kappa shape index (κ3) is 2.38. The highest BCUT2D eigenvalue weighted by atomic mass is 16.2. The van der Waals surface area contributed by atoms with E-state index in [1.54, 1.807) is 23.4 Å². The van der Waals surface area contributed by atoms with Crippen LogP contribution >= 0.6 is 0 Å². The third-order valence-corrected chi connectivity index (χ3v) is 4.59. The normalized spacial score (nSPS) is 20.0. The van der Waals surface area contributed by atoms with Gasteiger partial charge in [-0.15, -0.1) is 0 Å².